The van der Waals surface area contributed by atoms with Crippen molar-refractivity contribution in [2.75, 3.05) is 20.0 Å². The number of rotatable bonds is 4. The van der Waals surface area contributed by atoms with Crippen LogP contribution >= 0.6 is 15.2 Å². The van der Waals surface area contributed by atoms with Gasteiger partial charge in [0.1, 0.15) is 0 Å². The van der Waals surface area contributed by atoms with Crippen molar-refractivity contribution in [1.29, 1.82) is 0 Å². The van der Waals surface area contributed by atoms with E-state index in [1.54, 1.807) is 0 Å². The van der Waals surface area contributed by atoms with Gasteiger partial charge in [-0.2, -0.15) is 5.06 Å². The van der Waals surface area contributed by atoms with Crippen molar-refractivity contribution in [3.05, 3.63) is 0 Å². The van der Waals surface area contributed by atoms with Gasteiger partial charge in [0.2, 0.25) is 0 Å². The summed E-state index contributed by atoms with van der Waals surface area (Å²) in [6, 6.07) is 0. The van der Waals surface area contributed by atoms with Crippen LogP contribution in [0.4, 0.5) is 0 Å². The molecule has 0 bridgehead atoms. The summed E-state index contributed by atoms with van der Waals surface area (Å²) >= 11 is 0. The van der Waals surface area contributed by atoms with Crippen LogP contribution < -0.4 is 0 Å². The van der Waals surface area contributed by atoms with E-state index in [0.717, 1.165) is 5.06 Å². The first-order valence-corrected chi connectivity index (χ1v) is 6.42. The summed E-state index contributed by atoms with van der Waals surface area (Å²) in [5.41, 5.74) is 0. The Labute approximate surface area is 69.6 Å². The van der Waals surface area contributed by atoms with Crippen LogP contribution in [-0.2, 0) is 13.8 Å². The lowest BCUT2D eigenvalue weighted by molar-refractivity contribution is -0.0136. The van der Waals surface area contributed by atoms with Crippen LogP contribution in [0.5, 0.6) is 0 Å². The third kappa shape index (κ3) is 6.94. The minimum absolute atomic E-state index is 0.913. The molecule has 0 saturated carbocycles. The van der Waals surface area contributed by atoms with E-state index in [9.17, 15) is 9.13 Å². The van der Waals surface area contributed by atoms with Crippen molar-refractivity contribution in [2.24, 2.45) is 0 Å². The van der Waals surface area contributed by atoms with E-state index in [0.29, 0.717) is 0 Å². The molecule has 0 aromatic heterocycles. The highest BCUT2D eigenvalue weighted by atomic mass is 31.2. The van der Waals surface area contributed by atoms with E-state index in [2.05, 4.69) is 4.62 Å². The van der Waals surface area contributed by atoms with Crippen LogP contribution in [0.3, 0.4) is 0 Å². The van der Waals surface area contributed by atoms with Crippen LogP contribution in [0.2, 0.25) is 0 Å². The van der Waals surface area contributed by atoms with Gasteiger partial charge < -0.3 is 14.7 Å². The monoisotopic (exact) mass is 219 g/mol. The molecule has 7 nitrogen and oxygen atoms in total. The van der Waals surface area contributed by atoms with Crippen molar-refractivity contribution >= 4 is 15.2 Å². The molecule has 0 spiro atoms. The predicted molar refractivity (Wildman–Crippen MR) is 41.5 cm³/mol. The molecule has 0 saturated heterocycles. The molecule has 0 aliphatic carbocycles. The Morgan fingerprint density at radius 3 is 1.92 bits per heavy atom. The standard InChI is InChI=1S/C3H11NO6P2/c1-4(2)10-12(8,9)3-11(5,6)7/h3H2,1-2H3,(H,8,9)(H2,5,6,7). The molecular weight excluding hydrogens is 208 g/mol. The highest BCUT2D eigenvalue weighted by molar-refractivity contribution is 7.69. The summed E-state index contributed by atoms with van der Waals surface area (Å²) in [5, 5.41) is 0.913. The maximum Gasteiger partial charge on any atom is 0.356 e. The first-order chi connectivity index (χ1) is 5.12. The van der Waals surface area contributed by atoms with Crippen molar-refractivity contribution in [2.45, 2.75) is 0 Å². The number of hydrogen-bond acceptors (Lipinski definition) is 4. The normalized spacial score (nSPS) is 17.8. The fourth-order valence-corrected chi connectivity index (χ4v) is 3.09. The maximum atomic E-state index is 10.8. The molecule has 0 aliphatic heterocycles. The van der Waals surface area contributed by atoms with Crippen molar-refractivity contribution in [3.8, 4) is 0 Å². The number of hydrogen-bond donors (Lipinski definition) is 3. The highest BCUT2D eigenvalue weighted by Gasteiger charge is 2.31. The van der Waals surface area contributed by atoms with Gasteiger partial charge in [0.25, 0.3) is 0 Å². The zero-order chi connectivity index (χ0) is 9.99. The molecule has 0 amide bonds. The van der Waals surface area contributed by atoms with Crippen LogP contribution in [0.15, 0.2) is 0 Å². The van der Waals surface area contributed by atoms with Gasteiger partial charge in [-0.15, -0.1) is 0 Å². The first-order valence-electron chi connectivity index (χ1n) is 2.86. The molecule has 0 aromatic carbocycles. The minimum atomic E-state index is -4.51. The highest BCUT2D eigenvalue weighted by Crippen LogP contribution is 2.55. The molecule has 0 heterocycles. The largest absolute Gasteiger partial charge is 0.356 e. The Morgan fingerprint density at radius 2 is 1.67 bits per heavy atom. The third-order valence-electron chi connectivity index (χ3n) is 0.654. The van der Waals surface area contributed by atoms with E-state index in [1.807, 2.05) is 0 Å². The lowest BCUT2D eigenvalue weighted by Crippen LogP contribution is -2.11. The third-order valence-corrected chi connectivity index (χ3v) is 4.14. The Kier molecular flexibility index (Phi) is 4.07. The molecule has 1 atom stereocenters. The zero-order valence-electron chi connectivity index (χ0n) is 6.62. The zero-order valence-corrected chi connectivity index (χ0v) is 8.40. The van der Waals surface area contributed by atoms with Crippen molar-refractivity contribution < 1.29 is 28.4 Å². The van der Waals surface area contributed by atoms with Gasteiger partial charge in [-0.3, -0.25) is 9.13 Å². The Bertz CT molecular complexity index is 233. The molecular formula is C3H11NO6P2. The lowest BCUT2D eigenvalue weighted by atomic mass is 11.2. The van der Waals surface area contributed by atoms with Gasteiger partial charge in [-0.1, -0.05) is 0 Å². The van der Waals surface area contributed by atoms with Gasteiger partial charge in [0, 0.05) is 14.1 Å². The van der Waals surface area contributed by atoms with Crippen LogP contribution in [0.25, 0.3) is 0 Å². The second kappa shape index (κ2) is 3.98. The van der Waals surface area contributed by atoms with Gasteiger partial charge in [0.15, 0.2) is 5.90 Å². The number of hydroxylamine groups is 2. The van der Waals surface area contributed by atoms with Crippen molar-refractivity contribution in [1.82, 2.24) is 5.06 Å². The van der Waals surface area contributed by atoms with E-state index >= 15 is 0 Å². The predicted octanol–water partition coefficient (Wildman–Crippen LogP) is -0.200. The molecule has 0 aromatic rings. The molecule has 74 valence electrons. The van der Waals surface area contributed by atoms with Gasteiger partial charge >= 0.3 is 15.2 Å². The van der Waals surface area contributed by atoms with Gasteiger partial charge in [0.05, 0.1) is 0 Å². The Morgan fingerprint density at radius 1 is 1.25 bits per heavy atom. The second-order valence-corrected chi connectivity index (χ2v) is 6.24. The van der Waals surface area contributed by atoms with Gasteiger partial charge in [-0.05, 0) is 0 Å². The lowest BCUT2D eigenvalue weighted by Gasteiger charge is -2.16. The average Bonchev–Trinajstić information content (AvgIpc) is 1.48. The van der Waals surface area contributed by atoms with E-state index in [-0.39, 0.29) is 0 Å². The quantitative estimate of drug-likeness (QED) is 0.443. The molecule has 0 fully saturated rings. The smallest absolute Gasteiger partial charge is 0.324 e. The van der Waals surface area contributed by atoms with Crippen molar-refractivity contribution in [3.63, 3.8) is 0 Å². The fourth-order valence-electron chi connectivity index (χ4n) is 0.514. The van der Waals surface area contributed by atoms with E-state index in [4.69, 9.17) is 14.7 Å². The Hall–Kier alpha value is 0.260. The molecule has 0 aliphatic rings. The molecule has 12 heavy (non-hydrogen) atoms. The Balaban J connectivity index is 4.25. The molecule has 1 unspecified atom stereocenters. The maximum absolute atomic E-state index is 10.8. The number of nitrogens with zero attached hydrogens (tertiary/aromatic N) is 1. The van der Waals surface area contributed by atoms with E-state index < -0.39 is 21.1 Å². The SMILES string of the molecule is CN(C)OP(=O)(O)CP(=O)(O)O. The molecule has 3 N–H and O–H groups in total. The van der Waals surface area contributed by atoms with Crippen LogP contribution in [0, 0.1) is 0 Å². The topological polar surface area (TPSA) is 107 Å². The summed E-state index contributed by atoms with van der Waals surface area (Å²) in [5.74, 6) is -1.17. The first kappa shape index (κ1) is 12.3. The summed E-state index contributed by atoms with van der Waals surface area (Å²) < 4.78 is 25.4. The fraction of sp³-hybridized carbons (Fsp3) is 1.00. The van der Waals surface area contributed by atoms with E-state index in [1.165, 1.54) is 14.1 Å². The summed E-state index contributed by atoms with van der Waals surface area (Å²) in [4.78, 5) is 25.5. The molecule has 0 rings (SSSR count). The molecule has 9 heteroatoms. The minimum Gasteiger partial charge on any atom is -0.324 e. The van der Waals surface area contributed by atoms with Gasteiger partial charge in [-0.25, -0.2) is 4.62 Å². The average molecular weight is 219 g/mol. The van der Waals surface area contributed by atoms with Crippen LogP contribution in [0.1, 0.15) is 0 Å². The summed E-state index contributed by atoms with van der Waals surface area (Å²) in [6.45, 7) is 0. The molecule has 0 radical (unpaired) electrons. The van der Waals surface area contributed by atoms with Crippen LogP contribution in [-0.4, -0.2) is 39.7 Å². The summed E-state index contributed by atoms with van der Waals surface area (Å²) in [6.07, 6.45) is 0. The summed E-state index contributed by atoms with van der Waals surface area (Å²) in [7, 11) is -6.04. The second-order valence-electron chi connectivity index (χ2n) is 2.34.